The predicted octanol–water partition coefficient (Wildman–Crippen LogP) is 3.07. The summed E-state index contributed by atoms with van der Waals surface area (Å²) in [7, 11) is 1.22. The Morgan fingerprint density at radius 1 is 1.29 bits per heavy atom. The number of hydrogen-bond acceptors (Lipinski definition) is 3. The number of halogens is 1. The van der Waals surface area contributed by atoms with E-state index in [-0.39, 0.29) is 12.3 Å². The summed E-state index contributed by atoms with van der Waals surface area (Å²) in [5.74, 6) is -1.17. The Balaban J connectivity index is 2.75. The van der Waals surface area contributed by atoms with Gasteiger partial charge < -0.3 is 4.74 Å². The first-order valence-corrected chi connectivity index (χ1v) is 6.24. The van der Waals surface area contributed by atoms with Gasteiger partial charge in [-0.15, -0.1) is 0 Å². The summed E-state index contributed by atoms with van der Waals surface area (Å²) in [6, 6.07) is 7.78. The number of ketones is 1. The summed E-state index contributed by atoms with van der Waals surface area (Å²) in [6.45, 7) is 2.00. The lowest BCUT2D eigenvalue weighted by Crippen LogP contribution is -2.18. The van der Waals surface area contributed by atoms with Gasteiger partial charge in [0.1, 0.15) is 0 Å². The van der Waals surface area contributed by atoms with Crippen LogP contribution >= 0.6 is 15.9 Å². The molecule has 4 heteroatoms. The predicted molar refractivity (Wildman–Crippen MR) is 68.8 cm³/mol. The van der Waals surface area contributed by atoms with Gasteiger partial charge in [-0.3, -0.25) is 4.79 Å². The number of Topliss-reactive ketones (excluding diaryl/α,β-unsaturated/α-hetero) is 1. The van der Waals surface area contributed by atoms with Gasteiger partial charge in [-0.2, -0.15) is 0 Å². The standard InChI is InChI=1S/C13H15BrO3/c1-3-9(8-12(15)13(16)17-2)10-4-6-11(14)7-5-10/h4-7,9H,3,8H2,1-2H3/t9-/m0/s1. The topological polar surface area (TPSA) is 43.4 Å². The summed E-state index contributed by atoms with van der Waals surface area (Å²) in [6.07, 6.45) is 1.01. The van der Waals surface area contributed by atoms with Crippen LogP contribution in [0, 0.1) is 0 Å². The quantitative estimate of drug-likeness (QED) is 0.620. The van der Waals surface area contributed by atoms with Crippen LogP contribution in [0.25, 0.3) is 0 Å². The third-order valence-corrected chi connectivity index (χ3v) is 3.21. The largest absolute Gasteiger partial charge is 0.463 e. The zero-order valence-electron chi connectivity index (χ0n) is 9.90. The molecule has 0 amide bonds. The molecule has 0 saturated carbocycles. The second-order valence-corrected chi connectivity index (χ2v) is 4.69. The highest BCUT2D eigenvalue weighted by Gasteiger charge is 2.20. The van der Waals surface area contributed by atoms with Crippen molar-refractivity contribution < 1.29 is 14.3 Å². The van der Waals surface area contributed by atoms with Gasteiger partial charge in [-0.25, -0.2) is 4.79 Å². The minimum Gasteiger partial charge on any atom is -0.463 e. The highest BCUT2D eigenvalue weighted by molar-refractivity contribution is 9.10. The molecule has 0 spiro atoms. The Labute approximate surface area is 109 Å². The second-order valence-electron chi connectivity index (χ2n) is 3.78. The molecule has 0 unspecified atom stereocenters. The van der Waals surface area contributed by atoms with Crippen LogP contribution in [0.1, 0.15) is 31.2 Å². The number of esters is 1. The average Bonchev–Trinajstić information content (AvgIpc) is 2.35. The SMILES string of the molecule is CC[C@@H](CC(=O)C(=O)OC)c1ccc(Br)cc1. The summed E-state index contributed by atoms with van der Waals surface area (Å²) in [4.78, 5) is 22.6. The number of hydrogen-bond donors (Lipinski definition) is 0. The fourth-order valence-corrected chi connectivity index (χ4v) is 1.92. The van der Waals surface area contributed by atoms with Gasteiger partial charge in [0.2, 0.25) is 5.78 Å². The van der Waals surface area contributed by atoms with Crippen molar-refractivity contribution in [1.82, 2.24) is 0 Å². The molecule has 0 saturated heterocycles. The number of rotatable bonds is 5. The van der Waals surface area contributed by atoms with Crippen LogP contribution in [-0.2, 0) is 14.3 Å². The van der Waals surface area contributed by atoms with Crippen molar-refractivity contribution >= 4 is 27.7 Å². The minimum absolute atomic E-state index is 0.0645. The number of benzene rings is 1. The molecule has 92 valence electrons. The molecule has 3 nitrogen and oxygen atoms in total. The maximum Gasteiger partial charge on any atom is 0.374 e. The van der Waals surface area contributed by atoms with Gasteiger partial charge in [-0.05, 0) is 30.0 Å². The Morgan fingerprint density at radius 3 is 2.35 bits per heavy atom. The van der Waals surface area contributed by atoms with Crippen LogP contribution in [-0.4, -0.2) is 18.9 Å². The van der Waals surface area contributed by atoms with E-state index in [1.807, 2.05) is 31.2 Å². The van der Waals surface area contributed by atoms with Gasteiger partial charge in [0.25, 0.3) is 0 Å². The minimum atomic E-state index is -0.763. The van der Waals surface area contributed by atoms with E-state index < -0.39 is 11.8 Å². The van der Waals surface area contributed by atoms with E-state index in [2.05, 4.69) is 20.7 Å². The first-order valence-electron chi connectivity index (χ1n) is 5.45. The second kappa shape index (κ2) is 6.55. The molecule has 0 aliphatic carbocycles. The summed E-state index contributed by atoms with van der Waals surface area (Å²) in [5.41, 5.74) is 1.06. The van der Waals surface area contributed by atoms with Gasteiger partial charge >= 0.3 is 5.97 Å². The molecule has 0 aliphatic rings. The van der Waals surface area contributed by atoms with Crippen LogP contribution in [0.3, 0.4) is 0 Å². The van der Waals surface area contributed by atoms with Crippen molar-refractivity contribution in [3.63, 3.8) is 0 Å². The summed E-state index contributed by atoms with van der Waals surface area (Å²) < 4.78 is 5.41. The molecule has 0 aromatic heterocycles. The maximum absolute atomic E-state index is 11.5. The lowest BCUT2D eigenvalue weighted by atomic mass is 9.91. The van der Waals surface area contributed by atoms with Crippen molar-refractivity contribution in [2.24, 2.45) is 0 Å². The summed E-state index contributed by atoms with van der Waals surface area (Å²) >= 11 is 3.36. The van der Waals surface area contributed by atoms with E-state index in [1.54, 1.807) is 0 Å². The third kappa shape index (κ3) is 3.97. The lowest BCUT2D eigenvalue weighted by Gasteiger charge is -2.13. The molecule has 0 fully saturated rings. The Morgan fingerprint density at radius 2 is 1.88 bits per heavy atom. The normalized spacial score (nSPS) is 11.9. The zero-order chi connectivity index (χ0) is 12.8. The van der Waals surface area contributed by atoms with Crippen molar-refractivity contribution in [3.8, 4) is 0 Å². The van der Waals surface area contributed by atoms with Gasteiger partial charge in [0.15, 0.2) is 0 Å². The van der Waals surface area contributed by atoms with Crippen LogP contribution in [0.5, 0.6) is 0 Å². The Hall–Kier alpha value is -1.16. The van der Waals surface area contributed by atoms with Crippen LogP contribution in [0.4, 0.5) is 0 Å². The van der Waals surface area contributed by atoms with Crippen LogP contribution < -0.4 is 0 Å². The first kappa shape index (κ1) is 13.9. The maximum atomic E-state index is 11.5. The highest BCUT2D eigenvalue weighted by atomic mass is 79.9. The van der Waals surface area contributed by atoms with Gasteiger partial charge in [0, 0.05) is 10.9 Å². The average molecular weight is 299 g/mol. The molecule has 0 aliphatic heterocycles. The van der Waals surface area contributed by atoms with Gasteiger partial charge in [0.05, 0.1) is 7.11 Å². The monoisotopic (exact) mass is 298 g/mol. The van der Waals surface area contributed by atoms with E-state index in [1.165, 1.54) is 7.11 Å². The molecule has 0 N–H and O–H groups in total. The molecule has 1 atom stereocenters. The van der Waals surface area contributed by atoms with Crippen molar-refractivity contribution in [1.29, 1.82) is 0 Å². The van der Waals surface area contributed by atoms with Gasteiger partial charge in [-0.1, -0.05) is 35.0 Å². The fourth-order valence-electron chi connectivity index (χ4n) is 1.65. The summed E-state index contributed by atoms with van der Waals surface area (Å²) in [5, 5.41) is 0. The molecule has 1 rings (SSSR count). The van der Waals surface area contributed by atoms with Crippen LogP contribution in [0.2, 0.25) is 0 Å². The van der Waals surface area contributed by atoms with E-state index in [0.717, 1.165) is 16.5 Å². The number of ether oxygens (including phenoxy) is 1. The molecular weight excluding hydrogens is 284 g/mol. The van der Waals surface area contributed by atoms with E-state index in [4.69, 9.17) is 0 Å². The van der Waals surface area contributed by atoms with Crippen molar-refractivity contribution in [2.75, 3.05) is 7.11 Å². The van der Waals surface area contributed by atoms with Crippen LogP contribution in [0.15, 0.2) is 28.7 Å². The highest BCUT2D eigenvalue weighted by Crippen LogP contribution is 2.25. The lowest BCUT2D eigenvalue weighted by molar-refractivity contribution is -0.151. The fraction of sp³-hybridized carbons (Fsp3) is 0.385. The Kier molecular flexibility index (Phi) is 5.35. The first-order chi connectivity index (χ1) is 8.08. The zero-order valence-corrected chi connectivity index (χ0v) is 11.5. The molecule has 1 aromatic rings. The third-order valence-electron chi connectivity index (χ3n) is 2.68. The Bertz CT molecular complexity index is 398. The molecule has 0 heterocycles. The number of carbonyl (C=O) groups is 2. The van der Waals surface area contributed by atoms with E-state index >= 15 is 0 Å². The van der Waals surface area contributed by atoms with E-state index in [9.17, 15) is 9.59 Å². The smallest absolute Gasteiger partial charge is 0.374 e. The number of methoxy groups -OCH3 is 1. The number of carbonyl (C=O) groups excluding carboxylic acids is 2. The molecule has 1 aromatic carbocycles. The van der Waals surface area contributed by atoms with Crippen molar-refractivity contribution in [2.45, 2.75) is 25.7 Å². The van der Waals surface area contributed by atoms with Crippen molar-refractivity contribution in [3.05, 3.63) is 34.3 Å². The molecular formula is C13H15BrO3. The molecule has 17 heavy (non-hydrogen) atoms. The molecule has 0 bridgehead atoms. The van der Waals surface area contributed by atoms with E-state index in [0.29, 0.717) is 0 Å². The molecule has 0 radical (unpaired) electrons.